The molecular formula is C16H16BrNO2. The number of carbonyl (C=O) groups is 1. The van der Waals surface area contributed by atoms with E-state index in [0.717, 1.165) is 15.6 Å². The SMILES string of the molecule is Cc1c(Br)cccc1C(=O)N(C)Cc1ccc(O)cc1. The van der Waals surface area contributed by atoms with E-state index in [1.165, 1.54) is 0 Å². The lowest BCUT2D eigenvalue weighted by Crippen LogP contribution is -2.26. The number of phenols is 1. The molecule has 1 N–H and O–H groups in total. The Bertz CT molecular complexity index is 623. The maximum absolute atomic E-state index is 12.4. The molecule has 0 radical (unpaired) electrons. The van der Waals surface area contributed by atoms with Gasteiger partial charge in [-0.2, -0.15) is 0 Å². The van der Waals surface area contributed by atoms with E-state index >= 15 is 0 Å². The fourth-order valence-electron chi connectivity index (χ4n) is 1.99. The van der Waals surface area contributed by atoms with Crippen LogP contribution in [0.1, 0.15) is 21.5 Å². The summed E-state index contributed by atoms with van der Waals surface area (Å²) in [4.78, 5) is 14.1. The molecule has 104 valence electrons. The quantitative estimate of drug-likeness (QED) is 0.929. The summed E-state index contributed by atoms with van der Waals surface area (Å²) < 4.78 is 0.932. The van der Waals surface area contributed by atoms with Gasteiger partial charge < -0.3 is 10.0 Å². The van der Waals surface area contributed by atoms with Crippen LogP contribution >= 0.6 is 15.9 Å². The molecule has 2 aromatic rings. The van der Waals surface area contributed by atoms with Crippen molar-refractivity contribution in [1.29, 1.82) is 0 Å². The first-order valence-electron chi connectivity index (χ1n) is 6.27. The zero-order chi connectivity index (χ0) is 14.7. The molecule has 0 aromatic heterocycles. The lowest BCUT2D eigenvalue weighted by atomic mass is 10.1. The summed E-state index contributed by atoms with van der Waals surface area (Å²) in [5.41, 5.74) is 2.61. The zero-order valence-corrected chi connectivity index (χ0v) is 13.0. The van der Waals surface area contributed by atoms with Gasteiger partial charge in [0.05, 0.1) is 0 Å². The molecule has 3 nitrogen and oxygen atoms in total. The Balaban J connectivity index is 2.16. The Hall–Kier alpha value is -1.81. The monoisotopic (exact) mass is 333 g/mol. The molecule has 0 saturated carbocycles. The van der Waals surface area contributed by atoms with E-state index in [2.05, 4.69) is 15.9 Å². The second-order valence-corrected chi connectivity index (χ2v) is 5.59. The minimum atomic E-state index is -0.0168. The summed E-state index contributed by atoms with van der Waals surface area (Å²) in [6, 6.07) is 12.5. The molecule has 0 spiro atoms. The number of rotatable bonds is 3. The van der Waals surface area contributed by atoms with E-state index in [0.29, 0.717) is 12.1 Å². The third kappa shape index (κ3) is 3.20. The molecule has 0 saturated heterocycles. The van der Waals surface area contributed by atoms with Crippen LogP contribution < -0.4 is 0 Å². The van der Waals surface area contributed by atoms with Gasteiger partial charge >= 0.3 is 0 Å². The third-order valence-corrected chi connectivity index (χ3v) is 4.06. The summed E-state index contributed by atoms with van der Waals surface area (Å²) in [5, 5.41) is 9.26. The molecule has 20 heavy (non-hydrogen) atoms. The predicted octanol–water partition coefficient (Wildman–Crippen LogP) is 3.74. The van der Waals surface area contributed by atoms with Gasteiger partial charge in [0.2, 0.25) is 0 Å². The molecule has 0 unspecified atom stereocenters. The first kappa shape index (κ1) is 14.6. The van der Waals surface area contributed by atoms with Gasteiger partial charge in [-0.3, -0.25) is 4.79 Å². The highest BCUT2D eigenvalue weighted by atomic mass is 79.9. The minimum Gasteiger partial charge on any atom is -0.508 e. The Morgan fingerprint density at radius 1 is 1.20 bits per heavy atom. The molecule has 1 amide bonds. The van der Waals surface area contributed by atoms with Crippen LogP contribution in [0, 0.1) is 6.92 Å². The number of aromatic hydroxyl groups is 1. The lowest BCUT2D eigenvalue weighted by molar-refractivity contribution is 0.0784. The minimum absolute atomic E-state index is 0.0168. The van der Waals surface area contributed by atoms with Gasteiger partial charge in [0.1, 0.15) is 5.75 Å². The first-order valence-corrected chi connectivity index (χ1v) is 7.07. The van der Waals surface area contributed by atoms with E-state index in [4.69, 9.17) is 0 Å². The number of hydrogen-bond donors (Lipinski definition) is 1. The van der Waals surface area contributed by atoms with Crippen molar-refractivity contribution in [3.8, 4) is 5.75 Å². The number of benzene rings is 2. The van der Waals surface area contributed by atoms with Crippen LogP contribution in [0.3, 0.4) is 0 Å². The van der Waals surface area contributed by atoms with E-state index < -0.39 is 0 Å². The molecule has 2 rings (SSSR count). The molecule has 0 heterocycles. The van der Waals surface area contributed by atoms with Crippen LogP contribution in [0.5, 0.6) is 5.75 Å². The van der Waals surface area contributed by atoms with Crippen molar-refractivity contribution in [1.82, 2.24) is 4.90 Å². The molecule has 2 aromatic carbocycles. The zero-order valence-electron chi connectivity index (χ0n) is 11.4. The molecule has 0 fully saturated rings. The van der Waals surface area contributed by atoms with Crippen molar-refractivity contribution in [3.63, 3.8) is 0 Å². The van der Waals surface area contributed by atoms with Crippen LogP contribution in [-0.4, -0.2) is 23.0 Å². The summed E-state index contributed by atoms with van der Waals surface area (Å²) >= 11 is 3.44. The molecule has 0 bridgehead atoms. The second-order valence-electron chi connectivity index (χ2n) is 4.74. The van der Waals surface area contributed by atoms with E-state index in [1.807, 2.05) is 37.3 Å². The first-order chi connectivity index (χ1) is 9.49. The average molecular weight is 334 g/mol. The number of nitrogens with zero attached hydrogens (tertiary/aromatic N) is 1. The van der Waals surface area contributed by atoms with Crippen LogP contribution in [0.25, 0.3) is 0 Å². The van der Waals surface area contributed by atoms with Gasteiger partial charge in [0.15, 0.2) is 0 Å². The average Bonchev–Trinajstić information content (AvgIpc) is 2.43. The van der Waals surface area contributed by atoms with Crippen LogP contribution in [0.4, 0.5) is 0 Å². The van der Waals surface area contributed by atoms with Crippen LogP contribution in [-0.2, 0) is 6.54 Å². The highest BCUT2D eigenvalue weighted by Crippen LogP contribution is 2.21. The highest BCUT2D eigenvalue weighted by molar-refractivity contribution is 9.10. The largest absolute Gasteiger partial charge is 0.508 e. The second kappa shape index (κ2) is 6.09. The number of hydrogen-bond acceptors (Lipinski definition) is 2. The smallest absolute Gasteiger partial charge is 0.254 e. The van der Waals surface area contributed by atoms with Crippen molar-refractivity contribution in [2.75, 3.05) is 7.05 Å². The molecular weight excluding hydrogens is 318 g/mol. The van der Waals surface area contributed by atoms with E-state index in [1.54, 1.807) is 24.1 Å². The normalized spacial score (nSPS) is 10.3. The Kier molecular flexibility index (Phi) is 4.45. The Morgan fingerprint density at radius 2 is 1.85 bits per heavy atom. The van der Waals surface area contributed by atoms with E-state index in [-0.39, 0.29) is 11.7 Å². The van der Waals surface area contributed by atoms with Crippen molar-refractivity contribution >= 4 is 21.8 Å². The number of phenolic OH excluding ortho intramolecular Hbond substituents is 1. The fraction of sp³-hybridized carbons (Fsp3) is 0.188. The molecule has 0 aliphatic rings. The highest BCUT2D eigenvalue weighted by Gasteiger charge is 2.15. The summed E-state index contributed by atoms with van der Waals surface area (Å²) in [6.45, 7) is 2.43. The van der Waals surface area contributed by atoms with Crippen molar-refractivity contribution in [2.45, 2.75) is 13.5 Å². The molecule has 0 aliphatic heterocycles. The van der Waals surface area contributed by atoms with Gasteiger partial charge in [-0.15, -0.1) is 0 Å². The van der Waals surface area contributed by atoms with Crippen molar-refractivity contribution in [2.24, 2.45) is 0 Å². The van der Waals surface area contributed by atoms with Gasteiger partial charge in [-0.1, -0.05) is 34.1 Å². The maximum Gasteiger partial charge on any atom is 0.254 e. The van der Waals surface area contributed by atoms with Gasteiger partial charge in [-0.25, -0.2) is 0 Å². The topological polar surface area (TPSA) is 40.5 Å². The van der Waals surface area contributed by atoms with Crippen molar-refractivity contribution < 1.29 is 9.90 Å². The van der Waals surface area contributed by atoms with Gasteiger partial charge in [-0.05, 0) is 42.3 Å². The maximum atomic E-state index is 12.4. The van der Waals surface area contributed by atoms with E-state index in [9.17, 15) is 9.90 Å². The predicted molar refractivity (Wildman–Crippen MR) is 82.8 cm³/mol. The lowest BCUT2D eigenvalue weighted by Gasteiger charge is -2.19. The number of amides is 1. The third-order valence-electron chi connectivity index (χ3n) is 3.20. The Morgan fingerprint density at radius 3 is 2.50 bits per heavy atom. The number of halogens is 1. The Labute approximate surface area is 127 Å². The van der Waals surface area contributed by atoms with Gasteiger partial charge in [0, 0.05) is 23.6 Å². The standard InChI is InChI=1S/C16H16BrNO2/c1-11-14(4-3-5-15(11)17)16(20)18(2)10-12-6-8-13(19)9-7-12/h3-9,19H,10H2,1-2H3. The fourth-order valence-corrected chi connectivity index (χ4v) is 2.36. The summed E-state index contributed by atoms with van der Waals surface area (Å²) in [6.07, 6.45) is 0. The molecule has 0 atom stereocenters. The van der Waals surface area contributed by atoms with Crippen LogP contribution in [0.15, 0.2) is 46.9 Å². The van der Waals surface area contributed by atoms with Crippen molar-refractivity contribution in [3.05, 3.63) is 63.6 Å². The summed E-state index contributed by atoms with van der Waals surface area (Å²) in [7, 11) is 1.77. The number of carbonyl (C=O) groups excluding carboxylic acids is 1. The molecule has 0 aliphatic carbocycles. The van der Waals surface area contributed by atoms with Gasteiger partial charge in [0.25, 0.3) is 5.91 Å². The van der Waals surface area contributed by atoms with Crippen LogP contribution in [0.2, 0.25) is 0 Å². The molecule has 4 heteroatoms. The summed E-state index contributed by atoms with van der Waals surface area (Å²) in [5.74, 6) is 0.211.